The summed E-state index contributed by atoms with van der Waals surface area (Å²) in [7, 11) is 0. The summed E-state index contributed by atoms with van der Waals surface area (Å²) in [5.74, 6) is -0.195. The van der Waals surface area contributed by atoms with Crippen LogP contribution in [0.5, 0.6) is 5.75 Å². The zero-order valence-electron chi connectivity index (χ0n) is 9.95. The number of ketones is 1. The highest BCUT2D eigenvalue weighted by Gasteiger charge is 2.12. The number of benzene rings is 1. The van der Waals surface area contributed by atoms with Gasteiger partial charge in [0, 0.05) is 11.6 Å². The Labute approximate surface area is 109 Å². The summed E-state index contributed by atoms with van der Waals surface area (Å²) in [6.07, 6.45) is 1.56. The maximum atomic E-state index is 12.2. The number of phenols is 1. The second kappa shape index (κ2) is 4.49. The molecule has 0 aliphatic carbocycles. The van der Waals surface area contributed by atoms with Crippen LogP contribution in [0.3, 0.4) is 0 Å². The van der Waals surface area contributed by atoms with E-state index in [1.165, 1.54) is 0 Å². The van der Waals surface area contributed by atoms with Crippen molar-refractivity contribution in [3.05, 3.63) is 66.1 Å². The first-order valence-corrected chi connectivity index (χ1v) is 5.80. The molecule has 19 heavy (non-hydrogen) atoms. The van der Waals surface area contributed by atoms with Gasteiger partial charge in [-0.3, -0.25) is 9.78 Å². The van der Waals surface area contributed by atoms with Gasteiger partial charge in [-0.15, -0.1) is 0 Å². The van der Waals surface area contributed by atoms with Crippen molar-refractivity contribution in [3.8, 4) is 5.75 Å². The van der Waals surface area contributed by atoms with Crippen molar-refractivity contribution >= 4 is 16.7 Å². The number of hydrogen-bond donors (Lipinski definition) is 1. The second-order valence-electron chi connectivity index (χ2n) is 4.09. The zero-order valence-corrected chi connectivity index (χ0v) is 9.95. The number of carbonyl (C=O) groups excluding carboxylic acids is 1. The second-order valence-corrected chi connectivity index (χ2v) is 4.09. The number of phenolic OH excluding ortho intramolecular Hbond substituents is 1. The van der Waals surface area contributed by atoms with Crippen molar-refractivity contribution in [1.82, 2.24) is 9.97 Å². The van der Waals surface area contributed by atoms with Crippen molar-refractivity contribution in [2.24, 2.45) is 0 Å². The fourth-order valence-electron chi connectivity index (χ4n) is 1.89. The molecule has 2 heterocycles. The Balaban J connectivity index is 2.11. The summed E-state index contributed by atoms with van der Waals surface area (Å²) in [5, 5.41) is 10.5. The van der Waals surface area contributed by atoms with Gasteiger partial charge in [-0.05, 0) is 24.3 Å². The Morgan fingerprint density at radius 2 is 1.84 bits per heavy atom. The average molecular weight is 250 g/mol. The van der Waals surface area contributed by atoms with Gasteiger partial charge in [0.25, 0.3) is 0 Å². The van der Waals surface area contributed by atoms with Gasteiger partial charge in [-0.2, -0.15) is 0 Å². The van der Waals surface area contributed by atoms with E-state index in [1.807, 2.05) is 6.07 Å². The summed E-state index contributed by atoms with van der Waals surface area (Å²) in [6.45, 7) is 0. The predicted molar refractivity (Wildman–Crippen MR) is 71.1 cm³/mol. The molecule has 1 N–H and O–H groups in total. The molecule has 0 radical (unpaired) electrons. The Kier molecular flexibility index (Phi) is 2.68. The smallest absolute Gasteiger partial charge is 0.229 e. The molecule has 2 aromatic heterocycles. The van der Waals surface area contributed by atoms with Crippen LogP contribution in [-0.4, -0.2) is 20.9 Å². The van der Waals surface area contributed by atoms with Crippen molar-refractivity contribution in [2.75, 3.05) is 0 Å². The number of fused-ring (bicyclic) bond motifs is 1. The third kappa shape index (κ3) is 2.04. The standard InChI is InChI=1S/C15H10N2O2/c18-13-6-3-4-10-7-8-12(17-14(10)13)15(19)11-5-1-2-9-16-11/h1-9,18H. The number of nitrogens with zero attached hydrogens (tertiary/aromatic N) is 2. The van der Waals surface area contributed by atoms with Gasteiger partial charge < -0.3 is 5.11 Å². The molecule has 0 saturated carbocycles. The fourth-order valence-corrected chi connectivity index (χ4v) is 1.89. The number of pyridine rings is 2. The molecular weight excluding hydrogens is 240 g/mol. The number of aromatic hydroxyl groups is 1. The lowest BCUT2D eigenvalue weighted by Crippen LogP contribution is -2.05. The van der Waals surface area contributed by atoms with E-state index in [9.17, 15) is 9.90 Å². The monoisotopic (exact) mass is 250 g/mol. The van der Waals surface area contributed by atoms with Crippen LogP contribution in [0.1, 0.15) is 16.2 Å². The molecule has 0 amide bonds. The molecule has 4 nitrogen and oxygen atoms in total. The summed E-state index contributed by atoms with van der Waals surface area (Å²) >= 11 is 0. The number of rotatable bonds is 2. The topological polar surface area (TPSA) is 63.1 Å². The zero-order chi connectivity index (χ0) is 13.2. The van der Waals surface area contributed by atoms with Gasteiger partial charge in [0.15, 0.2) is 0 Å². The lowest BCUT2D eigenvalue weighted by atomic mass is 10.1. The van der Waals surface area contributed by atoms with Gasteiger partial charge in [-0.1, -0.05) is 24.3 Å². The molecule has 92 valence electrons. The molecule has 4 heteroatoms. The maximum Gasteiger partial charge on any atom is 0.229 e. The van der Waals surface area contributed by atoms with Crippen LogP contribution >= 0.6 is 0 Å². The molecule has 3 rings (SSSR count). The molecule has 0 fully saturated rings. The maximum absolute atomic E-state index is 12.2. The van der Waals surface area contributed by atoms with Gasteiger partial charge >= 0.3 is 0 Å². The molecule has 0 bridgehead atoms. The van der Waals surface area contributed by atoms with Crippen LogP contribution in [0.4, 0.5) is 0 Å². The first kappa shape index (κ1) is 11.3. The first-order valence-electron chi connectivity index (χ1n) is 5.80. The molecule has 0 spiro atoms. The molecule has 0 aliphatic rings. The Morgan fingerprint density at radius 1 is 0.947 bits per heavy atom. The number of para-hydroxylation sites is 1. The van der Waals surface area contributed by atoms with Gasteiger partial charge in [0.2, 0.25) is 5.78 Å². The van der Waals surface area contributed by atoms with E-state index in [2.05, 4.69) is 9.97 Å². The number of aromatic nitrogens is 2. The summed E-state index contributed by atoms with van der Waals surface area (Å²) in [6, 6.07) is 13.6. The Bertz CT molecular complexity index is 754. The lowest BCUT2D eigenvalue weighted by Gasteiger charge is -2.03. The molecule has 0 aliphatic heterocycles. The van der Waals surface area contributed by atoms with E-state index in [-0.39, 0.29) is 17.2 Å². The first-order chi connectivity index (χ1) is 9.25. The fraction of sp³-hybridized carbons (Fsp3) is 0. The van der Waals surface area contributed by atoms with E-state index < -0.39 is 0 Å². The number of hydrogen-bond acceptors (Lipinski definition) is 4. The van der Waals surface area contributed by atoms with Crippen molar-refractivity contribution in [1.29, 1.82) is 0 Å². The summed E-state index contributed by atoms with van der Waals surface area (Å²) in [5.41, 5.74) is 1.03. The highest BCUT2D eigenvalue weighted by Crippen LogP contribution is 2.22. The minimum Gasteiger partial charge on any atom is -0.506 e. The van der Waals surface area contributed by atoms with Gasteiger partial charge in [0.05, 0.1) is 0 Å². The highest BCUT2D eigenvalue weighted by atomic mass is 16.3. The summed E-state index contributed by atoms with van der Waals surface area (Å²) in [4.78, 5) is 20.4. The Morgan fingerprint density at radius 3 is 2.63 bits per heavy atom. The van der Waals surface area contributed by atoms with E-state index in [4.69, 9.17) is 0 Å². The SMILES string of the molecule is O=C(c1ccccn1)c1ccc2cccc(O)c2n1. The minimum absolute atomic E-state index is 0.0631. The molecule has 0 atom stereocenters. The normalized spacial score (nSPS) is 10.5. The van der Waals surface area contributed by atoms with Gasteiger partial charge in [-0.25, -0.2) is 4.98 Å². The largest absolute Gasteiger partial charge is 0.506 e. The minimum atomic E-state index is -0.259. The van der Waals surface area contributed by atoms with Crippen LogP contribution < -0.4 is 0 Å². The quantitative estimate of drug-likeness (QED) is 0.710. The predicted octanol–water partition coefficient (Wildman–Crippen LogP) is 2.57. The highest BCUT2D eigenvalue weighted by molar-refractivity contribution is 6.07. The van der Waals surface area contributed by atoms with Crippen LogP contribution in [0.25, 0.3) is 10.9 Å². The van der Waals surface area contributed by atoms with E-state index in [0.29, 0.717) is 11.2 Å². The Hall–Kier alpha value is -2.75. The number of carbonyl (C=O) groups is 1. The lowest BCUT2D eigenvalue weighted by molar-refractivity contribution is 0.103. The molecule has 1 aromatic carbocycles. The van der Waals surface area contributed by atoms with Crippen LogP contribution in [-0.2, 0) is 0 Å². The van der Waals surface area contributed by atoms with E-state index in [1.54, 1.807) is 48.7 Å². The molecule has 0 unspecified atom stereocenters. The molecule has 0 saturated heterocycles. The third-order valence-corrected chi connectivity index (χ3v) is 2.83. The molecule has 3 aromatic rings. The van der Waals surface area contributed by atoms with Gasteiger partial charge in [0.1, 0.15) is 22.7 Å². The molecular formula is C15H10N2O2. The average Bonchev–Trinajstić information content (AvgIpc) is 2.47. The van der Waals surface area contributed by atoms with Crippen molar-refractivity contribution in [2.45, 2.75) is 0 Å². The van der Waals surface area contributed by atoms with E-state index in [0.717, 1.165) is 5.39 Å². The van der Waals surface area contributed by atoms with Crippen LogP contribution in [0.15, 0.2) is 54.7 Å². The van der Waals surface area contributed by atoms with E-state index >= 15 is 0 Å². The van der Waals surface area contributed by atoms with Crippen molar-refractivity contribution < 1.29 is 9.90 Å². The summed E-state index contributed by atoms with van der Waals surface area (Å²) < 4.78 is 0. The third-order valence-electron chi connectivity index (χ3n) is 2.83. The van der Waals surface area contributed by atoms with Crippen LogP contribution in [0, 0.1) is 0 Å². The van der Waals surface area contributed by atoms with Crippen molar-refractivity contribution in [3.63, 3.8) is 0 Å². The van der Waals surface area contributed by atoms with Crippen LogP contribution in [0.2, 0.25) is 0 Å².